The minimum Gasteiger partial charge on any atom is -0.508 e. The standard InChI is InChI=1S/C7H8O.C5H12.C4H10.C2H6/c1-6-2-4-7(8)5-3-6;1-3-5-4-2;1-3-4-2;1-2/h2-5,8H,1H3;3-5H2,1-2H3;3-4H2,1-2H3;1-2H3. The van der Waals surface area contributed by atoms with Gasteiger partial charge in [0.1, 0.15) is 5.75 Å². The minimum atomic E-state index is 0.329. The molecule has 0 aromatic heterocycles. The number of phenols is 1. The average molecular weight is 268 g/mol. The van der Waals surface area contributed by atoms with Crippen LogP contribution in [0.1, 0.15) is 79.2 Å². The van der Waals surface area contributed by atoms with Crippen LogP contribution in [0.2, 0.25) is 0 Å². The molecule has 0 spiro atoms. The molecule has 0 radical (unpaired) electrons. The summed E-state index contributed by atoms with van der Waals surface area (Å²) in [5.74, 6) is 0.329. The maximum atomic E-state index is 8.76. The van der Waals surface area contributed by atoms with E-state index in [0.717, 1.165) is 0 Å². The normalized spacial score (nSPS) is 7.95. The quantitative estimate of drug-likeness (QED) is 0.644. The summed E-state index contributed by atoms with van der Waals surface area (Å²) in [6, 6.07) is 7.09. The van der Waals surface area contributed by atoms with Gasteiger partial charge in [-0.2, -0.15) is 0 Å². The summed E-state index contributed by atoms with van der Waals surface area (Å²) in [5, 5.41) is 8.76. The number of rotatable bonds is 3. The monoisotopic (exact) mass is 268 g/mol. The van der Waals surface area contributed by atoms with Crippen LogP contribution in [0.3, 0.4) is 0 Å². The molecule has 1 aromatic carbocycles. The third-order valence-corrected chi connectivity index (χ3v) is 2.24. The number of hydrogen-bond donors (Lipinski definition) is 1. The Labute approximate surface area is 122 Å². The molecule has 1 N–H and O–H groups in total. The largest absolute Gasteiger partial charge is 0.508 e. The Balaban J connectivity index is -0.000000203. The zero-order chi connectivity index (χ0) is 15.5. The lowest BCUT2D eigenvalue weighted by Crippen LogP contribution is -1.66. The van der Waals surface area contributed by atoms with E-state index in [2.05, 4.69) is 27.7 Å². The molecule has 0 unspecified atom stereocenters. The highest BCUT2D eigenvalue weighted by molar-refractivity contribution is 5.24. The summed E-state index contributed by atoms with van der Waals surface area (Å²) < 4.78 is 0. The van der Waals surface area contributed by atoms with Gasteiger partial charge in [0.2, 0.25) is 0 Å². The van der Waals surface area contributed by atoms with Crippen LogP contribution in [0.5, 0.6) is 5.75 Å². The third kappa shape index (κ3) is 26.6. The van der Waals surface area contributed by atoms with E-state index in [-0.39, 0.29) is 0 Å². The van der Waals surface area contributed by atoms with E-state index in [1.165, 1.54) is 37.7 Å². The van der Waals surface area contributed by atoms with Gasteiger partial charge in [0, 0.05) is 0 Å². The Morgan fingerprint density at radius 1 is 0.737 bits per heavy atom. The molecule has 0 amide bonds. The summed E-state index contributed by atoms with van der Waals surface area (Å²) in [6.45, 7) is 14.8. The number of phenolic OH excluding ortho intramolecular Hbond substituents is 1. The first-order valence-electron chi connectivity index (χ1n) is 7.87. The van der Waals surface area contributed by atoms with Crippen molar-refractivity contribution in [2.24, 2.45) is 0 Å². The predicted molar refractivity (Wildman–Crippen MR) is 90.0 cm³/mol. The molecule has 19 heavy (non-hydrogen) atoms. The summed E-state index contributed by atoms with van der Waals surface area (Å²) >= 11 is 0. The fraction of sp³-hybridized carbons (Fsp3) is 0.667. The van der Waals surface area contributed by atoms with Crippen LogP contribution in [0.25, 0.3) is 0 Å². The highest BCUT2D eigenvalue weighted by atomic mass is 16.3. The Hall–Kier alpha value is -0.980. The average Bonchev–Trinajstić information content (AvgIpc) is 2.46. The van der Waals surface area contributed by atoms with Gasteiger partial charge in [0.05, 0.1) is 0 Å². The second-order valence-corrected chi connectivity index (χ2v) is 4.19. The number of unbranched alkanes of at least 4 members (excludes halogenated alkanes) is 3. The van der Waals surface area contributed by atoms with Crippen LogP contribution >= 0.6 is 0 Å². The van der Waals surface area contributed by atoms with Crippen molar-refractivity contribution in [2.45, 2.75) is 80.6 Å². The van der Waals surface area contributed by atoms with Crippen LogP contribution < -0.4 is 0 Å². The summed E-state index contributed by atoms with van der Waals surface area (Å²) in [4.78, 5) is 0. The van der Waals surface area contributed by atoms with Crippen molar-refractivity contribution in [1.29, 1.82) is 0 Å². The molecular weight excluding hydrogens is 232 g/mol. The number of aromatic hydroxyl groups is 1. The van der Waals surface area contributed by atoms with Crippen LogP contribution in [-0.4, -0.2) is 5.11 Å². The van der Waals surface area contributed by atoms with Crippen molar-refractivity contribution in [1.82, 2.24) is 0 Å². The van der Waals surface area contributed by atoms with Crippen LogP contribution in [-0.2, 0) is 0 Å². The molecule has 1 rings (SSSR count). The van der Waals surface area contributed by atoms with Gasteiger partial charge in [-0.15, -0.1) is 0 Å². The number of benzene rings is 1. The molecule has 0 aliphatic carbocycles. The van der Waals surface area contributed by atoms with Gasteiger partial charge in [-0.3, -0.25) is 0 Å². The zero-order valence-corrected chi connectivity index (χ0v) is 14.3. The van der Waals surface area contributed by atoms with E-state index in [9.17, 15) is 0 Å². The van der Waals surface area contributed by atoms with E-state index < -0.39 is 0 Å². The lowest BCUT2D eigenvalue weighted by Gasteiger charge is -1.89. The fourth-order valence-electron chi connectivity index (χ4n) is 0.898. The first-order chi connectivity index (χ1) is 9.12. The molecule has 114 valence electrons. The molecule has 1 nitrogen and oxygen atoms in total. The van der Waals surface area contributed by atoms with Crippen LogP contribution in [0.4, 0.5) is 0 Å². The SMILES string of the molecule is CC.CCCC.CCCCC.Cc1ccc(O)cc1. The molecule has 1 heteroatoms. The maximum absolute atomic E-state index is 8.76. The summed E-state index contributed by atoms with van der Waals surface area (Å²) in [5.41, 5.74) is 1.17. The van der Waals surface area contributed by atoms with E-state index in [4.69, 9.17) is 5.11 Å². The lowest BCUT2D eigenvalue weighted by molar-refractivity contribution is 0.475. The number of hydrogen-bond acceptors (Lipinski definition) is 1. The molecule has 0 aliphatic heterocycles. The molecule has 0 aliphatic rings. The molecule has 0 atom stereocenters. The van der Waals surface area contributed by atoms with E-state index in [1.807, 2.05) is 32.9 Å². The second-order valence-electron chi connectivity index (χ2n) is 4.19. The van der Waals surface area contributed by atoms with E-state index in [1.54, 1.807) is 12.1 Å². The predicted octanol–water partition coefficient (Wildman–Crippen LogP) is 6.73. The topological polar surface area (TPSA) is 20.2 Å². The molecule has 0 heterocycles. The van der Waals surface area contributed by atoms with Gasteiger partial charge >= 0.3 is 0 Å². The van der Waals surface area contributed by atoms with E-state index >= 15 is 0 Å². The molecule has 0 fully saturated rings. The van der Waals surface area contributed by atoms with Crippen molar-refractivity contribution < 1.29 is 5.11 Å². The molecule has 0 bridgehead atoms. The van der Waals surface area contributed by atoms with Crippen molar-refractivity contribution >= 4 is 0 Å². The third-order valence-electron chi connectivity index (χ3n) is 2.24. The minimum absolute atomic E-state index is 0.329. The van der Waals surface area contributed by atoms with Crippen molar-refractivity contribution in [3.8, 4) is 5.75 Å². The molecule has 1 aromatic rings. The Bertz CT molecular complexity index is 201. The van der Waals surface area contributed by atoms with Crippen molar-refractivity contribution in [3.63, 3.8) is 0 Å². The maximum Gasteiger partial charge on any atom is 0.115 e. The van der Waals surface area contributed by atoms with E-state index in [0.29, 0.717) is 5.75 Å². The van der Waals surface area contributed by atoms with Crippen molar-refractivity contribution in [3.05, 3.63) is 29.8 Å². The number of aryl methyl sites for hydroxylation is 1. The second kappa shape index (κ2) is 22.2. The first-order valence-corrected chi connectivity index (χ1v) is 7.87. The van der Waals surface area contributed by atoms with Gasteiger partial charge in [-0.1, -0.05) is 91.3 Å². The zero-order valence-electron chi connectivity index (χ0n) is 14.3. The van der Waals surface area contributed by atoms with Gasteiger partial charge in [-0.05, 0) is 19.1 Å². The van der Waals surface area contributed by atoms with Crippen LogP contribution in [0.15, 0.2) is 24.3 Å². The Morgan fingerprint density at radius 3 is 1.26 bits per heavy atom. The smallest absolute Gasteiger partial charge is 0.115 e. The highest BCUT2D eigenvalue weighted by Crippen LogP contribution is 2.07. The van der Waals surface area contributed by atoms with Gasteiger partial charge < -0.3 is 5.11 Å². The van der Waals surface area contributed by atoms with Gasteiger partial charge in [-0.25, -0.2) is 0 Å². The Kier molecular flexibility index (Phi) is 27.1. The Morgan fingerprint density at radius 2 is 1.11 bits per heavy atom. The molecule has 0 saturated heterocycles. The van der Waals surface area contributed by atoms with Crippen LogP contribution in [0, 0.1) is 6.92 Å². The lowest BCUT2D eigenvalue weighted by atomic mass is 10.2. The highest BCUT2D eigenvalue weighted by Gasteiger charge is 1.82. The van der Waals surface area contributed by atoms with Crippen molar-refractivity contribution in [2.75, 3.05) is 0 Å². The van der Waals surface area contributed by atoms with Gasteiger partial charge in [0.25, 0.3) is 0 Å². The summed E-state index contributed by atoms with van der Waals surface area (Å²) in [6.07, 6.45) is 6.72. The molecular formula is C18H36O. The molecule has 0 saturated carbocycles. The first kappa shape index (κ1) is 23.1. The fourth-order valence-corrected chi connectivity index (χ4v) is 0.898. The summed E-state index contributed by atoms with van der Waals surface area (Å²) in [7, 11) is 0. The van der Waals surface area contributed by atoms with Gasteiger partial charge in [0.15, 0.2) is 0 Å².